The van der Waals surface area contributed by atoms with Crippen LogP contribution in [0.15, 0.2) is 36.4 Å². The summed E-state index contributed by atoms with van der Waals surface area (Å²) < 4.78 is 15.3. The summed E-state index contributed by atoms with van der Waals surface area (Å²) in [5, 5.41) is 0. The maximum absolute atomic E-state index is 13.3. The van der Waals surface area contributed by atoms with Crippen molar-refractivity contribution in [2.75, 3.05) is 0 Å². The van der Waals surface area contributed by atoms with Crippen LogP contribution in [0.2, 0.25) is 0 Å². The van der Waals surface area contributed by atoms with Crippen LogP contribution in [0.1, 0.15) is 11.1 Å². The molecule has 3 heteroatoms. The summed E-state index contributed by atoms with van der Waals surface area (Å²) >= 11 is 0. The number of benzene rings is 2. The maximum Gasteiger partial charge on any atom is 0.141 e. The number of aryl methyl sites for hydroxylation is 2. The van der Waals surface area contributed by atoms with Gasteiger partial charge in [0, 0.05) is 12.6 Å². The molecule has 2 aromatic carbocycles. The van der Waals surface area contributed by atoms with Gasteiger partial charge in [-0.05, 0) is 43.2 Å². The topological polar surface area (TPSA) is 17.8 Å². The minimum Gasteiger partial charge on any atom is -0.327 e. The van der Waals surface area contributed by atoms with Crippen LogP contribution in [0, 0.1) is 19.7 Å². The van der Waals surface area contributed by atoms with Crippen molar-refractivity contribution in [2.24, 2.45) is 7.05 Å². The Bertz CT molecular complexity index is 772. The summed E-state index contributed by atoms with van der Waals surface area (Å²) in [6.45, 7) is 4.17. The molecule has 1 aromatic heterocycles. The first-order valence-electron chi connectivity index (χ1n) is 6.26. The lowest BCUT2D eigenvalue weighted by Gasteiger charge is -2.08. The van der Waals surface area contributed by atoms with Crippen LogP contribution in [0.3, 0.4) is 0 Å². The van der Waals surface area contributed by atoms with E-state index in [4.69, 9.17) is 0 Å². The van der Waals surface area contributed by atoms with Gasteiger partial charge in [-0.3, -0.25) is 0 Å². The molecule has 0 bridgehead atoms. The lowest BCUT2D eigenvalue weighted by molar-refractivity contribution is 0.629. The van der Waals surface area contributed by atoms with Crippen molar-refractivity contribution in [3.05, 3.63) is 53.3 Å². The number of imidazole rings is 1. The molecule has 96 valence electrons. The highest BCUT2D eigenvalue weighted by molar-refractivity contribution is 5.81. The number of rotatable bonds is 1. The van der Waals surface area contributed by atoms with Gasteiger partial charge in [-0.1, -0.05) is 18.2 Å². The molecule has 0 spiro atoms. The van der Waals surface area contributed by atoms with E-state index in [2.05, 4.69) is 31.0 Å². The first-order chi connectivity index (χ1) is 9.08. The predicted octanol–water partition coefficient (Wildman–Crippen LogP) is 4.00. The summed E-state index contributed by atoms with van der Waals surface area (Å²) in [4.78, 5) is 4.62. The minimum atomic E-state index is -0.233. The first-order valence-corrected chi connectivity index (χ1v) is 6.26. The zero-order chi connectivity index (χ0) is 13.6. The molecule has 0 aliphatic carbocycles. The van der Waals surface area contributed by atoms with E-state index < -0.39 is 0 Å². The summed E-state index contributed by atoms with van der Waals surface area (Å²) in [5.41, 5.74) is 5.17. The number of aromatic nitrogens is 2. The molecule has 0 atom stereocenters. The maximum atomic E-state index is 13.3. The quantitative estimate of drug-likeness (QED) is 0.642. The fourth-order valence-electron chi connectivity index (χ4n) is 2.40. The van der Waals surface area contributed by atoms with E-state index in [-0.39, 0.29) is 5.82 Å². The molecule has 2 nitrogen and oxygen atoms in total. The number of nitrogens with zero attached hydrogens (tertiary/aromatic N) is 2. The number of fused-ring (bicyclic) bond motifs is 1. The van der Waals surface area contributed by atoms with Gasteiger partial charge in [0.15, 0.2) is 0 Å². The average molecular weight is 254 g/mol. The monoisotopic (exact) mass is 254 g/mol. The lowest BCUT2D eigenvalue weighted by Crippen LogP contribution is -1.95. The van der Waals surface area contributed by atoms with Crippen LogP contribution >= 0.6 is 0 Å². The zero-order valence-corrected chi connectivity index (χ0v) is 11.2. The van der Waals surface area contributed by atoms with Crippen molar-refractivity contribution < 1.29 is 4.39 Å². The van der Waals surface area contributed by atoms with Crippen LogP contribution in [-0.4, -0.2) is 9.55 Å². The molecular formula is C16H15FN2. The van der Waals surface area contributed by atoms with Crippen LogP contribution in [-0.2, 0) is 7.05 Å². The van der Waals surface area contributed by atoms with Crippen molar-refractivity contribution >= 4 is 11.0 Å². The van der Waals surface area contributed by atoms with E-state index in [0.717, 1.165) is 22.4 Å². The average Bonchev–Trinajstić information content (AvgIpc) is 2.70. The Morgan fingerprint density at radius 2 is 1.89 bits per heavy atom. The number of hydrogen-bond acceptors (Lipinski definition) is 1. The smallest absolute Gasteiger partial charge is 0.141 e. The molecule has 0 amide bonds. The summed E-state index contributed by atoms with van der Waals surface area (Å²) in [6, 6.07) is 10.9. The molecule has 0 saturated carbocycles. The van der Waals surface area contributed by atoms with E-state index in [9.17, 15) is 4.39 Å². The van der Waals surface area contributed by atoms with E-state index in [1.54, 1.807) is 6.07 Å². The van der Waals surface area contributed by atoms with Gasteiger partial charge < -0.3 is 4.57 Å². The van der Waals surface area contributed by atoms with Crippen molar-refractivity contribution in [3.8, 4) is 11.4 Å². The molecule has 0 unspecified atom stereocenters. The fourth-order valence-corrected chi connectivity index (χ4v) is 2.40. The fraction of sp³-hybridized carbons (Fsp3) is 0.188. The molecule has 1 heterocycles. The summed E-state index contributed by atoms with van der Waals surface area (Å²) in [5.74, 6) is 0.643. The molecule has 0 fully saturated rings. The van der Waals surface area contributed by atoms with Gasteiger partial charge in [-0.25, -0.2) is 9.37 Å². The van der Waals surface area contributed by atoms with Crippen LogP contribution in [0.5, 0.6) is 0 Å². The largest absolute Gasteiger partial charge is 0.327 e. The molecule has 0 aliphatic rings. The third kappa shape index (κ3) is 1.82. The lowest BCUT2D eigenvalue weighted by atomic mass is 10.0. The Kier molecular flexibility index (Phi) is 2.63. The van der Waals surface area contributed by atoms with Gasteiger partial charge in [-0.15, -0.1) is 0 Å². The summed E-state index contributed by atoms with van der Waals surface area (Å²) in [7, 11) is 1.92. The SMILES string of the molecule is Cc1cccc(-c2nc3ccc(F)cc3n2C)c1C. The number of hydrogen-bond donors (Lipinski definition) is 0. The molecule has 3 aromatic rings. The van der Waals surface area contributed by atoms with Crippen molar-refractivity contribution in [1.29, 1.82) is 0 Å². The molecule has 0 aliphatic heterocycles. The van der Waals surface area contributed by atoms with E-state index in [0.29, 0.717) is 0 Å². The van der Waals surface area contributed by atoms with Gasteiger partial charge in [0.2, 0.25) is 0 Å². The van der Waals surface area contributed by atoms with Crippen LogP contribution < -0.4 is 0 Å². The van der Waals surface area contributed by atoms with Gasteiger partial charge in [0.05, 0.1) is 11.0 Å². The van der Waals surface area contributed by atoms with Crippen molar-refractivity contribution in [3.63, 3.8) is 0 Å². The zero-order valence-electron chi connectivity index (χ0n) is 11.2. The third-order valence-corrected chi connectivity index (χ3v) is 3.69. The molecule has 3 rings (SSSR count). The standard InChI is InChI=1S/C16H15FN2/c1-10-5-4-6-13(11(10)2)16-18-14-8-7-12(17)9-15(14)19(16)3/h4-9H,1-3H3. The Morgan fingerprint density at radius 3 is 2.68 bits per heavy atom. The highest BCUT2D eigenvalue weighted by Gasteiger charge is 2.12. The van der Waals surface area contributed by atoms with Crippen LogP contribution in [0.25, 0.3) is 22.4 Å². The van der Waals surface area contributed by atoms with Crippen molar-refractivity contribution in [1.82, 2.24) is 9.55 Å². The number of halogens is 1. The van der Waals surface area contributed by atoms with Gasteiger partial charge in [0.25, 0.3) is 0 Å². The molecule has 0 saturated heterocycles. The third-order valence-electron chi connectivity index (χ3n) is 3.69. The Morgan fingerprint density at radius 1 is 1.11 bits per heavy atom. The Balaban J connectivity index is 2.31. The van der Waals surface area contributed by atoms with E-state index in [1.165, 1.54) is 23.3 Å². The molecule has 0 radical (unpaired) electrons. The second kappa shape index (κ2) is 4.19. The van der Waals surface area contributed by atoms with Crippen molar-refractivity contribution in [2.45, 2.75) is 13.8 Å². The highest BCUT2D eigenvalue weighted by Crippen LogP contribution is 2.27. The molecule has 19 heavy (non-hydrogen) atoms. The second-order valence-electron chi connectivity index (χ2n) is 4.87. The predicted molar refractivity (Wildman–Crippen MR) is 75.6 cm³/mol. The Labute approximate surface area is 111 Å². The summed E-state index contributed by atoms with van der Waals surface area (Å²) in [6.07, 6.45) is 0. The van der Waals surface area contributed by atoms with Gasteiger partial charge >= 0.3 is 0 Å². The van der Waals surface area contributed by atoms with E-state index in [1.807, 2.05) is 17.7 Å². The van der Waals surface area contributed by atoms with Crippen LogP contribution in [0.4, 0.5) is 4.39 Å². The normalized spacial score (nSPS) is 11.2. The molecule has 0 N–H and O–H groups in total. The van der Waals surface area contributed by atoms with E-state index >= 15 is 0 Å². The van der Waals surface area contributed by atoms with Gasteiger partial charge in [0.1, 0.15) is 11.6 Å². The Hall–Kier alpha value is -2.16. The van der Waals surface area contributed by atoms with Gasteiger partial charge in [-0.2, -0.15) is 0 Å². The minimum absolute atomic E-state index is 0.233. The first kappa shape index (κ1) is 11.9. The second-order valence-corrected chi connectivity index (χ2v) is 4.87. The molecular weight excluding hydrogens is 239 g/mol. The highest BCUT2D eigenvalue weighted by atomic mass is 19.1.